The normalized spacial score (nSPS) is 20.2. The molecular weight excluding hydrogens is 232 g/mol. The van der Waals surface area contributed by atoms with Gasteiger partial charge in [0.1, 0.15) is 5.69 Å². The van der Waals surface area contributed by atoms with E-state index in [1.165, 1.54) is 6.42 Å². The van der Waals surface area contributed by atoms with Gasteiger partial charge in [-0.1, -0.05) is 5.21 Å². The average molecular weight is 254 g/mol. The lowest BCUT2D eigenvalue weighted by molar-refractivity contribution is -0.169. The maximum atomic E-state index is 5.66. The van der Waals surface area contributed by atoms with E-state index in [0.29, 0.717) is 6.61 Å². The van der Waals surface area contributed by atoms with Crippen LogP contribution in [0.5, 0.6) is 0 Å². The summed E-state index contributed by atoms with van der Waals surface area (Å²) in [5.74, 6) is 0. The van der Waals surface area contributed by atoms with Crippen LogP contribution in [0, 0.1) is 0 Å². The van der Waals surface area contributed by atoms with Gasteiger partial charge < -0.3 is 14.8 Å². The lowest BCUT2D eigenvalue weighted by Gasteiger charge is -2.22. The summed E-state index contributed by atoms with van der Waals surface area (Å²) < 4.78 is 13.0. The van der Waals surface area contributed by atoms with Gasteiger partial charge in [-0.25, -0.2) is 0 Å². The molecule has 1 saturated heterocycles. The van der Waals surface area contributed by atoms with E-state index < -0.39 is 0 Å². The van der Waals surface area contributed by atoms with Crippen molar-refractivity contribution in [2.75, 3.05) is 20.2 Å². The molecule has 1 unspecified atom stereocenters. The largest absolute Gasteiger partial charge is 0.353 e. The molecule has 6 heteroatoms. The maximum absolute atomic E-state index is 5.66. The first-order valence-corrected chi connectivity index (χ1v) is 6.65. The number of nitrogens with zero attached hydrogens (tertiary/aromatic N) is 3. The molecule has 18 heavy (non-hydrogen) atoms. The van der Waals surface area contributed by atoms with E-state index in [0.717, 1.165) is 44.7 Å². The highest BCUT2D eigenvalue weighted by Crippen LogP contribution is 2.14. The van der Waals surface area contributed by atoms with Crippen molar-refractivity contribution in [3.05, 3.63) is 11.9 Å². The van der Waals surface area contributed by atoms with Gasteiger partial charge in [0.05, 0.1) is 12.8 Å². The van der Waals surface area contributed by atoms with E-state index in [2.05, 4.69) is 15.6 Å². The molecule has 0 spiro atoms. The molecule has 1 aromatic heterocycles. The Balaban J connectivity index is 1.69. The standard InChI is InChI=1S/C12H22N4O2/c1-13-6-4-7-16-9-11(14-15-16)10-18-12-5-2-3-8-17-12/h9,12-13H,2-8,10H2,1H3. The van der Waals surface area contributed by atoms with E-state index in [1.54, 1.807) is 0 Å². The Hall–Kier alpha value is -0.980. The number of nitrogens with one attached hydrogen (secondary N) is 1. The zero-order valence-corrected chi connectivity index (χ0v) is 11.0. The second-order valence-electron chi connectivity index (χ2n) is 4.54. The second-order valence-corrected chi connectivity index (χ2v) is 4.54. The minimum absolute atomic E-state index is 0.0619. The number of ether oxygens (including phenoxy) is 2. The van der Waals surface area contributed by atoms with Gasteiger partial charge in [-0.2, -0.15) is 0 Å². The number of hydrogen-bond acceptors (Lipinski definition) is 5. The zero-order chi connectivity index (χ0) is 12.6. The molecule has 0 amide bonds. The summed E-state index contributed by atoms with van der Waals surface area (Å²) in [5.41, 5.74) is 0.869. The summed E-state index contributed by atoms with van der Waals surface area (Å²) in [5, 5.41) is 11.3. The van der Waals surface area contributed by atoms with Gasteiger partial charge in [-0.05, 0) is 39.3 Å². The van der Waals surface area contributed by atoms with Gasteiger partial charge >= 0.3 is 0 Å². The van der Waals surface area contributed by atoms with E-state index in [4.69, 9.17) is 9.47 Å². The Kier molecular flexibility index (Phi) is 5.57. The van der Waals surface area contributed by atoms with Crippen molar-refractivity contribution in [2.24, 2.45) is 0 Å². The minimum Gasteiger partial charge on any atom is -0.353 e. The predicted molar refractivity (Wildman–Crippen MR) is 66.9 cm³/mol. The van der Waals surface area contributed by atoms with Crippen LogP contribution >= 0.6 is 0 Å². The molecule has 2 heterocycles. The first-order chi connectivity index (χ1) is 8.88. The molecule has 0 saturated carbocycles. The predicted octanol–water partition coefficient (Wildman–Crippen LogP) is 0.931. The van der Waals surface area contributed by atoms with Gasteiger partial charge in [0.15, 0.2) is 6.29 Å². The summed E-state index contributed by atoms with van der Waals surface area (Å²) in [6.45, 7) is 3.16. The van der Waals surface area contributed by atoms with Gasteiger partial charge in [-0.15, -0.1) is 5.10 Å². The Morgan fingerprint density at radius 3 is 3.28 bits per heavy atom. The van der Waals surface area contributed by atoms with Crippen LogP contribution in [0.1, 0.15) is 31.4 Å². The highest BCUT2D eigenvalue weighted by molar-refractivity contribution is 4.89. The van der Waals surface area contributed by atoms with Crippen molar-refractivity contribution in [1.29, 1.82) is 0 Å². The van der Waals surface area contributed by atoms with Crippen molar-refractivity contribution in [2.45, 2.75) is 45.1 Å². The molecule has 102 valence electrons. The SMILES string of the molecule is CNCCCn1cc(COC2CCCCO2)nn1. The van der Waals surface area contributed by atoms with Crippen LogP contribution in [0.4, 0.5) is 0 Å². The highest BCUT2D eigenvalue weighted by Gasteiger charge is 2.14. The summed E-state index contributed by atoms with van der Waals surface area (Å²) >= 11 is 0. The molecule has 0 radical (unpaired) electrons. The number of hydrogen-bond donors (Lipinski definition) is 1. The van der Waals surface area contributed by atoms with Crippen LogP contribution < -0.4 is 5.32 Å². The quantitative estimate of drug-likeness (QED) is 0.733. The monoisotopic (exact) mass is 254 g/mol. The van der Waals surface area contributed by atoms with Crippen LogP contribution in [0.2, 0.25) is 0 Å². The highest BCUT2D eigenvalue weighted by atomic mass is 16.7. The molecule has 0 aliphatic carbocycles. The summed E-state index contributed by atoms with van der Waals surface area (Å²) in [6.07, 6.45) is 6.23. The Morgan fingerprint density at radius 2 is 2.50 bits per heavy atom. The molecule has 1 N–H and O–H groups in total. The third kappa shape index (κ3) is 4.36. The maximum Gasteiger partial charge on any atom is 0.158 e. The molecule has 0 aromatic carbocycles. The first-order valence-electron chi connectivity index (χ1n) is 6.65. The molecule has 1 aliphatic heterocycles. The van der Waals surface area contributed by atoms with Gasteiger partial charge in [-0.3, -0.25) is 4.68 Å². The molecule has 1 atom stereocenters. The topological polar surface area (TPSA) is 61.2 Å². The molecular formula is C12H22N4O2. The molecule has 0 bridgehead atoms. The van der Waals surface area contributed by atoms with Crippen molar-refractivity contribution in [3.63, 3.8) is 0 Å². The van der Waals surface area contributed by atoms with E-state index in [1.807, 2.05) is 17.9 Å². The molecule has 2 rings (SSSR count). The Morgan fingerprint density at radius 1 is 1.56 bits per heavy atom. The second kappa shape index (κ2) is 7.45. The fourth-order valence-corrected chi connectivity index (χ4v) is 1.95. The van der Waals surface area contributed by atoms with Crippen molar-refractivity contribution in [1.82, 2.24) is 20.3 Å². The molecule has 6 nitrogen and oxygen atoms in total. The lowest BCUT2D eigenvalue weighted by atomic mass is 10.2. The van der Waals surface area contributed by atoms with Crippen LogP contribution in [0.25, 0.3) is 0 Å². The third-order valence-corrected chi connectivity index (χ3v) is 2.96. The lowest BCUT2D eigenvalue weighted by Crippen LogP contribution is -2.22. The third-order valence-electron chi connectivity index (χ3n) is 2.96. The molecule has 1 fully saturated rings. The minimum atomic E-state index is -0.0619. The van der Waals surface area contributed by atoms with Crippen LogP contribution in [-0.2, 0) is 22.6 Å². The van der Waals surface area contributed by atoms with Crippen LogP contribution in [0.3, 0.4) is 0 Å². The number of aryl methyl sites for hydroxylation is 1. The fourth-order valence-electron chi connectivity index (χ4n) is 1.95. The van der Waals surface area contributed by atoms with Gasteiger partial charge in [0, 0.05) is 13.2 Å². The van der Waals surface area contributed by atoms with Crippen molar-refractivity contribution in [3.8, 4) is 0 Å². The van der Waals surface area contributed by atoms with E-state index >= 15 is 0 Å². The zero-order valence-electron chi connectivity index (χ0n) is 11.0. The fraction of sp³-hybridized carbons (Fsp3) is 0.833. The number of aromatic nitrogens is 3. The smallest absolute Gasteiger partial charge is 0.158 e. The first kappa shape index (κ1) is 13.5. The summed E-state index contributed by atoms with van der Waals surface area (Å²) in [6, 6.07) is 0. The Labute approximate surface area is 108 Å². The molecule has 1 aliphatic rings. The molecule has 1 aromatic rings. The number of rotatable bonds is 7. The summed E-state index contributed by atoms with van der Waals surface area (Å²) in [7, 11) is 1.95. The van der Waals surface area contributed by atoms with Crippen LogP contribution in [-0.4, -0.2) is 41.5 Å². The van der Waals surface area contributed by atoms with Crippen molar-refractivity contribution >= 4 is 0 Å². The van der Waals surface area contributed by atoms with Crippen LogP contribution in [0.15, 0.2) is 6.20 Å². The van der Waals surface area contributed by atoms with Gasteiger partial charge in [0.25, 0.3) is 0 Å². The average Bonchev–Trinajstić information content (AvgIpc) is 2.86. The van der Waals surface area contributed by atoms with E-state index in [9.17, 15) is 0 Å². The van der Waals surface area contributed by atoms with E-state index in [-0.39, 0.29) is 6.29 Å². The summed E-state index contributed by atoms with van der Waals surface area (Å²) in [4.78, 5) is 0. The Bertz CT molecular complexity index is 337. The van der Waals surface area contributed by atoms with Gasteiger partial charge in [0.2, 0.25) is 0 Å². The van der Waals surface area contributed by atoms with Crippen molar-refractivity contribution < 1.29 is 9.47 Å².